The van der Waals surface area contributed by atoms with E-state index in [4.69, 9.17) is 28.3 Å². The van der Waals surface area contributed by atoms with Gasteiger partial charge in [0.05, 0.1) is 5.88 Å². The smallest absolute Gasteiger partial charge is 0.118 e. The van der Waals surface area contributed by atoms with Gasteiger partial charge in [-0.05, 0) is 0 Å². The molecule has 0 aromatic rings. The zero-order valence-electron chi connectivity index (χ0n) is 2.99. The molecule has 0 radical (unpaired) electrons. The van der Waals surface area contributed by atoms with Crippen LogP contribution in [0.25, 0.3) is 0 Å². The lowest BCUT2D eigenvalue weighted by Crippen LogP contribution is -1.75. The quantitative estimate of drug-likeness (QED) is 0.421. The maximum Gasteiger partial charge on any atom is 0.118 e. The number of halogens is 2. The average molecular weight is 127 g/mol. The van der Waals surface area contributed by atoms with E-state index in [1.807, 2.05) is 0 Å². The summed E-state index contributed by atoms with van der Waals surface area (Å²) in [4.78, 5) is 0. The highest BCUT2D eigenvalue weighted by atomic mass is 35.5. The van der Waals surface area contributed by atoms with Gasteiger partial charge in [0.2, 0.25) is 0 Å². The lowest BCUT2D eigenvalue weighted by Gasteiger charge is -1.81. The molecular formula is C3H4Cl2O. The summed E-state index contributed by atoms with van der Waals surface area (Å²) < 4.78 is 0. The molecule has 0 unspecified atom stereocenters. The molecule has 0 rings (SSSR count). The van der Waals surface area contributed by atoms with Crippen molar-refractivity contribution < 1.29 is 5.11 Å². The summed E-state index contributed by atoms with van der Waals surface area (Å²) in [5.41, 5.74) is 1.03. The Hall–Kier alpha value is 0.120. The van der Waals surface area contributed by atoms with Crippen molar-refractivity contribution in [2.75, 3.05) is 5.88 Å². The maximum atomic E-state index is 8.26. The Morgan fingerprint density at radius 2 is 2.33 bits per heavy atom. The number of alkyl halides is 1. The highest BCUT2D eigenvalue weighted by Gasteiger charge is 1.80. The summed E-state index contributed by atoms with van der Waals surface area (Å²) in [6.07, 6.45) is 0. The Labute approximate surface area is 46.2 Å². The molecule has 0 saturated carbocycles. The van der Waals surface area contributed by atoms with Crippen LogP contribution in [-0.2, 0) is 0 Å². The lowest BCUT2D eigenvalue weighted by molar-refractivity contribution is 0.418. The van der Waals surface area contributed by atoms with Gasteiger partial charge in [-0.25, -0.2) is 0 Å². The van der Waals surface area contributed by atoms with Gasteiger partial charge in [0, 0.05) is 5.54 Å². The summed E-state index contributed by atoms with van der Waals surface area (Å²) >= 11 is 10.0. The van der Waals surface area contributed by atoms with Crippen molar-refractivity contribution in [3.63, 3.8) is 0 Å². The first-order valence-corrected chi connectivity index (χ1v) is 2.32. The van der Waals surface area contributed by atoms with E-state index in [1.165, 1.54) is 0 Å². The fourth-order valence-electron chi connectivity index (χ4n) is 0.0292. The van der Waals surface area contributed by atoms with E-state index in [0.717, 1.165) is 5.54 Å². The molecular weight excluding hydrogens is 123 g/mol. The second kappa shape index (κ2) is 3.32. The fourth-order valence-corrected chi connectivity index (χ4v) is 0.262. The molecule has 6 heavy (non-hydrogen) atoms. The van der Waals surface area contributed by atoms with Gasteiger partial charge < -0.3 is 5.11 Å². The van der Waals surface area contributed by atoms with Gasteiger partial charge in [0.15, 0.2) is 0 Å². The first-order chi connectivity index (χ1) is 2.81. The zero-order valence-corrected chi connectivity index (χ0v) is 4.50. The monoisotopic (exact) mass is 126 g/mol. The fraction of sp³-hybridized carbons (Fsp3) is 0.333. The molecule has 0 amide bonds. The van der Waals surface area contributed by atoms with Gasteiger partial charge in [0.1, 0.15) is 5.76 Å². The molecule has 1 N–H and O–H groups in total. The Kier molecular flexibility index (Phi) is 3.38. The van der Waals surface area contributed by atoms with E-state index < -0.39 is 0 Å². The van der Waals surface area contributed by atoms with Crippen LogP contribution in [0, 0.1) is 0 Å². The Balaban J connectivity index is 3.22. The molecule has 0 aliphatic carbocycles. The van der Waals surface area contributed by atoms with E-state index >= 15 is 0 Å². The van der Waals surface area contributed by atoms with Crippen LogP contribution < -0.4 is 0 Å². The topological polar surface area (TPSA) is 20.2 Å². The van der Waals surface area contributed by atoms with E-state index in [-0.39, 0.29) is 11.6 Å². The number of aliphatic hydroxyl groups excluding tert-OH is 1. The highest BCUT2D eigenvalue weighted by Crippen LogP contribution is 1.92. The van der Waals surface area contributed by atoms with Crippen LogP contribution in [0.4, 0.5) is 0 Å². The van der Waals surface area contributed by atoms with Crippen LogP contribution in [0.3, 0.4) is 0 Å². The van der Waals surface area contributed by atoms with Crippen molar-refractivity contribution in [1.82, 2.24) is 0 Å². The number of hydrogen-bond donors (Lipinski definition) is 1. The third-order valence-electron chi connectivity index (χ3n) is 0.263. The third-order valence-corrected chi connectivity index (χ3v) is 0.789. The number of allylic oxidation sites excluding steroid dienone is 1. The average Bonchev–Trinajstić information content (AvgIpc) is 1.65. The second-order valence-electron chi connectivity index (χ2n) is 0.734. The van der Waals surface area contributed by atoms with Crippen molar-refractivity contribution in [1.29, 1.82) is 0 Å². The molecule has 0 aromatic heterocycles. The summed E-state index contributed by atoms with van der Waals surface area (Å²) in [6.45, 7) is 0. The minimum atomic E-state index is -0.00154. The molecule has 0 aromatic carbocycles. The van der Waals surface area contributed by atoms with Crippen LogP contribution in [0.1, 0.15) is 0 Å². The third kappa shape index (κ3) is 2.36. The normalized spacial score (nSPS) is 12.0. The summed E-state index contributed by atoms with van der Waals surface area (Å²) in [6, 6.07) is 0. The highest BCUT2D eigenvalue weighted by molar-refractivity contribution is 6.26. The Morgan fingerprint density at radius 1 is 1.83 bits per heavy atom. The SMILES string of the molecule is O/C(=C\Cl)CCl. The van der Waals surface area contributed by atoms with Crippen molar-refractivity contribution in [3.05, 3.63) is 11.3 Å². The molecule has 0 aliphatic rings. The van der Waals surface area contributed by atoms with Crippen LogP contribution >= 0.6 is 23.2 Å². The molecule has 0 saturated heterocycles. The summed E-state index contributed by atoms with van der Waals surface area (Å²) in [5.74, 6) is 0.0853. The van der Waals surface area contributed by atoms with Gasteiger partial charge in [-0.2, -0.15) is 0 Å². The Bertz CT molecular complexity index is 59.8. The van der Waals surface area contributed by atoms with E-state index in [2.05, 4.69) is 0 Å². The largest absolute Gasteiger partial charge is 0.510 e. The molecule has 0 bridgehead atoms. The molecule has 0 heterocycles. The molecule has 36 valence electrons. The van der Waals surface area contributed by atoms with Gasteiger partial charge in [0.25, 0.3) is 0 Å². The van der Waals surface area contributed by atoms with Crippen molar-refractivity contribution in [2.45, 2.75) is 0 Å². The van der Waals surface area contributed by atoms with Crippen molar-refractivity contribution in [3.8, 4) is 0 Å². The summed E-state index contributed by atoms with van der Waals surface area (Å²) in [5, 5.41) is 8.26. The lowest BCUT2D eigenvalue weighted by atomic mass is 10.7. The minimum Gasteiger partial charge on any atom is -0.510 e. The first kappa shape index (κ1) is 6.12. The molecule has 0 spiro atoms. The van der Waals surface area contributed by atoms with Gasteiger partial charge in [-0.3, -0.25) is 0 Å². The molecule has 0 aliphatic heterocycles. The van der Waals surface area contributed by atoms with E-state index in [1.54, 1.807) is 0 Å². The van der Waals surface area contributed by atoms with Crippen LogP contribution in [0.15, 0.2) is 11.3 Å². The number of rotatable bonds is 1. The molecule has 0 fully saturated rings. The van der Waals surface area contributed by atoms with Crippen molar-refractivity contribution >= 4 is 23.2 Å². The van der Waals surface area contributed by atoms with Crippen LogP contribution in [0.2, 0.25) is 0 Å². The van der Waals surface area contributed by atoms with Gasteiger partial charge in [-0.15, -0.1) is 11.6 Å². The maximum absolute atomic E-state index is 8.26. The number of hydrogen-bond acceptors (Lipinski definition) is 1. The standard InChI is InChI=1S/C3H4Cl2O/c4-1-3(6)2-5/h1,6H,2H2/b3-1-. The first-order valence-electron chi connectivity index (χ1n) is 1.35. The van der Waals surface area contributed by atoms with Gasteiger partial charge >= 0.3 is 0 Å². The minimum absolute atomic E-state index is 0.00154. The molecule has 3 heteroatoms. The number of aliphatic hydroxyl groups is 1. The molecule has 1 nitrogen and oxygen atoms in total. The second-order valence-corrected chi connectivity index (χ2v) is 1.22. The van der Waals surface area contributed by atoms with Crippen LogP contribution in [0.5, 0.6) is 0 Å². The predicted octanol–water partition coefficient (Wildman–Crippen LogP) is 1.86. The van der Waals surface area contributed by atoms with E-state index in [9.17, 15) is 0 Å². The van der Waals surface area contributed by atoms with Gasteiger partial charge in [-0.1, -0.05) is 11.6 Å². The van der Waals surface area contributed by atoms with E-state index in [0.29, 0.717) is 0 Å². The molecule has 0 atom stereocenters. The summed E-state index contributed by atoms with van der Waals surface area (Å²) in [7, 11) is 0. The zero-order chi connectivity index (χ0) is 4.99. The van der Waals surface area contributed by atoms with Crippen LogP contribution in [-0.4, -0.2) is 11.0 Å². The van der Waals surface area contributed by atoms with Crippen molar-refractivity contribution in [2.24, 2.45) is 0 Å². The Morgan fingerprint density at radius 3 is 2.33 bits per heavy atom. The predicted molar refractivity (Wildman–Crippen MR) is 27.3 cm³/mol.